The van der Waals surface area contributed by atoms with Crippen molar-refractivity contribution < 1.29 is 33.0 Å². The van der Waals surface area contributed by atoms with Crippen molar-refractivity contribution in [1.82, 2.24) is 90.1 Å². The first-order valence-electron chi connectivity index (χ1n) is 26.2. The highest BCUT2D eigenvalue weighted by atomic mass is 19.1. The third-order valence-corrected chi connectivity index (χ3v) is 12.6. The molecule has 9 N–H and O–H groups in total. The van der Waals surface area contributed by atoms with Gasteiger partial charge in [-0.2, -0.15) is 15.3 Å². The van der Waals surface area contributed by atoms with Gasteiger partial charge in [-0.3, -0.25) is 20.9 Å². The van der Waals surface area contributed by atoms with Crippen LogP contribution in [0.1, 0.15) is 20.8 Å². The number of methoxy groups -OCH3 is 1. The number of carbonyl (C=O) groups is 3. The van der Waals surface area contributed by atoms with Crippen LogP contribution in [-0.2, 0) is 0 Å². The van der Waals surface area contributed by atoms with E-state index in [0.717, 1.165) is 50.4 Å². The number of halogens is 1. The van der Waals surface area contributed by atoms with Crippen molar-refractivity contribution >= 4 is 69.0 Å². The lowest BCUT2D eigenvalue weighted by Crippen LogP contribution is -2.28. The zero-order chi connectivity index (χ0) is 58.1. The third-order valence-electron chi connectivity index (χ3n) is 12.6. The van der Waals surface area contributed by atoms with Crippen LogP contribution in [0.15, 0.2) is 141 Å². The summed E-state index contributed by atoms with van der Waals surface area (Å²) in [4.78, 5) is 70.6. The van der Waals surface area contributed by atoms with Crippen LogP contribution in [0.25, 0.3) is 83.5 Å². The molecule has 84 heavy (non-hydrogen) atoms. The van der Waals surface area contributed by atoms with Crippen molar-refractivity contribution in [3.05, 3.63) is 147 Å². The average molecular weight is 1130 g/mol. The van der Waals surface area contributed by atoms with Gasteiger partial charge < -0.3 is 45.1 Å². The summed E-state index contributed by atoms with van der Waals surface area (Å²) in [5.41, 5.74) is 10.1. The number of hydrogen-bond acceptors (Lipinski definition) is 15. The largest absolute Gasteiger partial charge is 0.467 e. The van der Waals surface area contributed by atoms with E-state index in [-0.39, 0.29) is 30.5 Å². The number of hydrogen-bond donors (Lipinski definition) is 9. The predicted octanol–water partition coefficient (Wildman–Crippen LogP) is 8.73. The summed E-state index contributed by atoms with van der Waals surface area (Å²) >= 11 is 0. The Bertz CT molecular complexity index is 4260. The number of aromatic amines is 3. The number of nitrogens with zero attached hydrogens (tertiary/aromatic N) is 12. The number of imidazole rings is 3. The van der Waals surface area contributed by atoms with E-state index >= 15 is 4.39 Å². The number of nitrogens with one attached hydrogen (secondary N) is 9. The summed E-state index contributed by atoms with van der Waals surface area (Å²) in [7, 11) is 1.52. The monoisotopic (exact) mass is 1130 g/mol. The van der Waals surface area contributed by atoms with E-state index in [1.54, 1.807) is 83.2 Å². The van der Waals surface area contributed by atoms with E-state index in [2.05, 4.69) is 92.1 Å². The van der Waals surface area contributed by atoms with Gasteiger partial charge in [-0.25, -0.2) is 57.7 Å². The molecule has 0 atom stereocenters. The Kier molecular flexibility index (Phi) is 15.7. The molecular formula is C56H52FN21O6. The molecule has 9 heterocycles. The van der Waals surface area contributed by atoms with Crippen LogP contribution in [0.2, 0.25) is 0 Å². The van der Waals surface area contributed by atoms with Gasteiger partial charge in [0.1, 0.15) is 22.2 Å². The first kappa shape index (κ1) is 54.3. The number of amides is 6. The maximum absolute atomic E-state index is 15.4. The van der Waals surface area contributed by atoms with Gasteiger partial charge in [0.05, 0.1) is 35.0 Å². The molecule has 0 spiro atoms. The van der Waals surface area contributed by atoms with E-state index in [9.17, 15) is 14.4 Å². The molecule has 1 aliphatic rings. The first-order valence-corrected chi connectivity index (χ1v) is 26.2. The van der Waals surface area contributed by atoms with Gasteiger partial charge in [0.2, 0.25) is 24.6 Å². The number of urea groups is 3. The van der Waals surface area contributed by atoms with Crippen molar-refractivity contribution in [1.29, 1.82) is 0 Å². The van der Waals surface area contributed by atoms with Crippen molar-refractivity contribution in [3.8, 4) is 68.0 Å². The summed E-state index contributed by atoms with van der Waals surface area (Å²) in [6.07, 6.45) is 16.8. The highest BCUT2D eigenvalue weighted by Crippen LogP contribution is 2.38. The first-order chi connectivity index (χ1) is 41.1. The van der Waals surface area contributed by atoms with Gasteiger partial charge in [-0.05, 0) is 104 Å². The van der Waals surface area contributed by atoms with Gasteiger partial charge in [-0.15, -0.1) is 0 Å². The topological polar surface area (TPSA) is 329 Å². The molecular weight excluding hydrogens is 1080 g/mol. The summed E-state index contributed by atoms with van der Waals surface area (Å²) in [6, 6.07) is 23.4. The summed E-state index contributed by atoms with van der Waals surface area (Å²) < 4.78 is 36.2. The zero-order valence-electron chi connectivity index (χ0n) is 45.3. The van der Waals surface area contributed by atoms with Crippen molar-refractivity contribution in [2.24, 2.45) is 0 Å². The maximum atomic E-state index is 15.4. The van der Waals surface area contributed by atoms with E-state index in [0.29, 0.717) is 76.5 Å². The highest BCUT2D eigenvalue weighted by Gasteiger charge is 2.22. The molecule has 4 aromatic carbocycles. The fourth-order valence-corrected chi connectivity index (χ4v) is 8.92. The van der Waals surface area contributed by atoms with E-state index < -0.39 is 11.8 Å². The Morgan fingerprint density at radius 2 is 1.07 bits per heavy atom. The fraction of sp³-hybridized carbons (Fsp3) is 0.143. The number of ether oxygens (including phenoxy) is 3. The summed E-state index contributed by atoms with van der Waals surface area (Å²) in [5.74, 6) is 1.89. The maximum Gasteiger partial charge on any atom is 0.321 e. The standard InChI is InChI=1S/C20H18N6O3.C18H16FN7O.C18H18N8O2/c1-2-21-20(27)25-19-23-14-8-13(12-4-5-16-17(10-12)29-11-28-16)9-15(18(14)24-19)26-7-3-6-22-26;1-2-21-18(27)25-17-23-13-9-12(11-5-3-6-20-10-11)14(19)16(15(13)24-17)26-8-4-7-22-26;1-3-19-17(27)25-16-23-13-7-11(12-9-20-18(28-2)21-10-12)8-14(15(13)24-16)26-6-4-5-22-26/h3-10H,2,11H2,1H3,(H3,21,23,24,25,27);3-10H,2H2,1H3,(H3,21,23,24,25,27);4-10H,3H2,1-2H3,(H3,19,23,24,25,27). The number of rotatable bonds is 13. The molecule has 8 aromatic heterocycles. The molecule has 0 unspecified atom stereocenters. The van der Waals surface area contributed by atoms with Gasteiger partial charge in [0.15, 0.2) is 17.3 Å². The Hall–Kier alpha value is -11.7. The van der Waals surface area contributed by atoms with Crippen molar-refractivity contribution in [3.63, 3.8) is 0 Å². The number of H-pyrrole nitrogens is 3. The molecule has 0 bridgehead atoms. The Morgan fingerprint density at radius 1 is 0.560 bits per heavy atom. The molecule has 0 saturated heterocycles. The molecule has 28 heteroatoms. The Morgan fingerprint density at radius 3 is 1.57 bits per heavy atom. The van der Waals surface area contributed by atoms with Crippen molar-refractivity contribution in [2.75, 3.05) is 49.5 Å². The Labute approximate surface area is 475 Å². The number of carbonyl (C=O) groups excluding carboxylic acids is 3. The molecule has 6 amide bonds. The number of pyridine rings is 1. The lowest BCUT2D eigenvalue weighted by Gasteiger charge is -2.09. The lowest BCUT2D eigenvalue weighted by atomic mass is 10.0. The van der Waals surface area contributed by atoms with E-state index in [1.165, 1.54) is 11.8 Å². The molecule has 0 saturated carbocycles. The molecule has 0 radical (unpaired) electrons. The van der Waals surface area contributed by atoms with Crippen LogP contribution in [0, 0.1) is 5.82 Å². The second-order valence-corrected chi connectivity index (χ2v) is 18.1. The van der Waals surface area contributed by atoms with Gasteiger partial charge in [0, 0.05) is 98.3 Å². The van der Waals surface area contributed by atoms with Crippen LogP contribution in [0.3, 0.4) is 0 Å². The second kappa shape index (κ2) is 24.3. The molecule has 13 rings (SSSR count). The Balaban J connectivity index is 0.000000132. The van der Waals surface area contributed by atoms with Gasteiger partial charge in [-0.1, -0.05) is 12.1 Å². The molecule has 0 fully saturated rings. The predicted molar refractivity (Wildman–Crippen MR) is 310 cm³/mol. The minimum atomic E-state index is -0.477. The number of benzene rings is 4. The lowest BCUT2D eigenvalue weighted by molar-refractivity contribution is 0.174. The minimum Gasteiger partial charge on any atom is -0.467 e. The highest BCUT2D eigenvalue weighted by molar-refractivity contribution is 5.97. The summed E-state index contributed by atoms with van der Waals surface area (Å²) in [6.45, 7) is 7.26. The van der Waals surface area contributed by atoms with Crippen LogP contribution in [0.4, 0.5) is 36.6 Å². The minimum absolute atomic E-state index is 0.191. The molecule has 12 aromatic rings. The number of aromatic nitrogens is 15. The van der Waals surface area contributed by atoms with E-state index in [4.69, 9.17) is 14.2 Å². The quantitative estimate of drug-likeness (QED) is 0.0521. The molecule has 0 aliphatic carbocycles. The van der Waals surface area contributed by atoms with Crippen LogP contribution in [0.5, 0.6) is 17.5 Å². The zero-order valence-corrected chi connectivity index (χ0v) is 45.3. The number of anilines is 3. The van der Waals surface area contributed by atoms with E-state index in [1.807, 2.05) is 87.8 Å². The van der Waals surface area contributed by atoms with Crippen LogP contribution in [-0.4, -0.2) is 126 Å². The van der Waals surface area contributed by atoms with Crippen molar-refractivity contribution in [2.45, 2.75) is 20.8 Å². The van der Waals surface area contributed by atoms with Gasteiger partial charge in [0.25, 0.3) is 0 Å². The van der Waals surface area contributed by atoms with Crippen LogP contribution >= 0.6 is 0 Å². The molecule has 27 nitrogen and oxygen atoms in total. The fourth-order valence-electron chi connectivity index (χ4n) is 8.92. The smallest absolute Gasteiger partial charge is 0.321 e. The summed E-state index contributed by atoms with van der Waals surface area (Å²) in [5, 5.41) is 28.8. The van der Waals surface area contributed by atoms with Crippen LogP contribution < -0.4 is 46.1 Å². The SMILES string of the molecule is CCNC(=O)Nc1nc2c(-n3cccn3)c(F)c(-c3cccnc3)cc2[nH]1.CCNC(=O)Nc1nc2c(-n3cccn3)cc(-c3ccc4c(c3)OCO4)cc2[nH]1.CCNC(=O)Nc1nc2c(-n3cccn3)cc(-c3cnc(OC)nc3)cc2[nH]1. The van der Waals surface area contributed by atoms with Gasteiger partial charge >= 0.3 is 24.1 Å². The normalized spacial score (nSPS) is 11.3. The average Bonchev–Trinajstić information content (AvgIpc) is 2.45. The second-order valence-electron chi connectivity index (χ2n) is 18.1. The molecule has 424 valence electrons. The molecule has 1 aliphatic heterocycles. The third kappa shape index (κ3) is 11.8. The number of fused-ring (bicyclic) bond motifs is 4.